The summed E-state index contributed by atoms with van der Waals surface area (Å²) in [6.07, 6.45) is 1.77. The number of methoxy groups -OCH3 is 1. The normalized spacial score (nSPS) is 10.7. The number of rotatable bonds is 3. The Morgan fingerprint density at radius 3 is 2.59 bits per heavy atom. The summed E-state index contributed by atoms with van der Waals surface area (Å²) in [5.74, 6) is 1.23. The highest BCUT2D eigenvalue weighted by molar-refractivity contribution is 6.42. The highest BCUT2D eigenvalue weighted by Gasteiger charge is 2.12. The second-order valence-electron chi connectivity index (χ2n) is 4.65. The van der Waals surface area contributed by atoms with Crippen LogP contribution in [-0.2, 0) is 0 Å². The first kappa shape index (κ1) is 14.9. The summed E-state index contributed by atoms with van der Waals surface area (Å²) >= 11 is 12.1. The maximum atomic E-state index is 6.12. The van der Waals surface area contributed by atoms with Crippen LogP contribution in [-0.4, -0.2) is 24.1 Å². The molecule has 0 bridgehead atoms. The van der Waals surface area contributed by atoms with Gasteiger partial charge >= 0.3 is 0 Å². The van der Waals surface area contributed by atoms with Crippen molar-refractivity contribution < 1.29 is 4.74 Å². The first-order chi connectivity index (χ1) is 10.6. The van der Waals surface area contributed by atoms with Gasteiger partial charge in [-0.15, -0.1) is 0 Å². The standard InChI is InChI=1S/C16H13Cl2N3O/c1-19-16-20-8-11-10(4-6-14(22-2)15(11)21-16)9-3-5-12(17)13(18)7-9/h3-8H,1-2H3,(H,19,20,21). The molecule has 6 heteroatoms. The fraction of sp³-hybridized carbons (Fsp3) is 0.125. The molecule has 0 aliphatic heterocycles. The van der Waals surface area contributed by atoms with Crippen LogP contribution in [0.2, 0.25) is 10.0 Å². The number of aromatic nitrogens is 2. The van der Waals surface area contributed by atoms with Crippen molar-refractivity contribution in [2.24, 2.45) is 0 Å². The minimum absolute atomic E-state index is 0.510. The van der Waals surface area contributed by atoms with Crippen molar-refractivity contribution in [3.8, 4) is 16.9 Å². The van der Waals surface area contributed by atoms with Crippen molar-refractivity contribution in [2.45, 2.75) is 0 Å². The molecule has 1 aromatic heterocycles. The third-order valence-corrected chi connectivity index (χ3v) is 4.13. The van der Waals surface area contributed by atoms with Gasteiger partial charge in [0.1, 0.15) is 11.3 Å². The predicted octanol–water partition coefficient (Wildman–Crippen LogP) is 4.65. The lowest BCUT2D eigenvalue weighted by molar-refractivity contribution is 0.419. The first-order valence-corrected chi connectivity index (χ1v) is 7.36. The Morgan fingerprint density at radius 2 is 1.91 bits per heavy atom. The fourth-order valence-electron chi connectivity index (χ4n) is 2.30. The molecule has 112 valence electrons. The number of fused-ring (bicyclic) bond motifs is 1. The van der Waals surface area contributed by atoms with Crippen LogP contribution < -0.4 is 10.1 Å². The van der Waals surface area contributed by atoms with Gasteiger partial charge in [0.15, 0.2) is 0 Å². The molecule has 0 aliphatic carbocycles. The van der Waals surface area contributed by atoms with Gasteiger partial charge < -0.3 is 10.1 Å². The van der Waals surface area contributed by atoms with Crippen molar-refractivity contribution >= 4 is 40.1 Å². The molecule has 22 heavy (non-hydrogen) atoms. The molecule has 1 heterocycles. The quantitative estimate of drug-likeness (QED) is 0.757. The van der Waals surface area contributed by atoms with Crippen LogP contribution in [0.4, 0.5) is 5.95 Å². The number of hydrogen-bond acceptors (Lipinski definition) is 4. The average Bonchev–Trinajstić information content (AvgIpc) is 2.55. The highest BCUT2D eigenvalue weighted by Crippen LogP contribution is 2.35. The predicted molar refractivity (Wildman–Crippen MR) is 91.1 cm³/mol. The molecule has 0 saturated heterocycles. The van der Waals surface area contributed by atoms with Crippen LogP contribution in [0.1, 0.15) is 0 Å². The van der Waals surface area contributed by atoms with Crippen LogP contribution in [0, 0.1) is 0 Å². The molecule has 0 atom stereocenters. The molecule has 0 spiro atoms. The van der Waals surface area contributed by atoms with Crippen LogP contribution in [0.25, 0.3) is 22.0 Å². The van der Waals surface area contributed by atoms with Crippen LogP contribution >= 0.6 is 23.2 Å². The highest BCUT2D eigenvalue weighted by atomic mass is 35.5. The number of hydrogen-bond donors (Lipinski definition) is 1. The number of ether oxygens (including phenoxy) is 1. The van der Waals surface area contributed by atoms with Gasteiger partial charge in [0.05, 0.1) is 17.2 Å². The Labute approximate surface area is 138 Å². The maximum absolute atomic E-state index is 6.12. The number of halogens is 2. The average molecular weight is 334 g/mol. The molecular weight excluding hydrogens is 321 g/mol. The molecule has 1 N–H and O–H groups in total. The molecular formula is C16H13Cl2N3O. The van der Waals surface area contributed by atoms with E-state index in [4.69, 9.17) is 27.9 Å². The molecule has 0 unspecified atom stereocenters. The lowest BCUT2D eigenvalue weighted by Gasteiger charge is -2.11. The van der Waals surface area contributed by atoms with Gasteiger partial charge in [0.25, 0.3) is 0 Å². The summed E-state index contributed by atoms with van der Waals surface area (Å²) in [5, 5.41) is 4.85. The zero-order valence-electron chi connectivity index (χ0n) is 12.0. The summed E-state index contributed by atoms with van der Waals surface area (Å²) in [4.78, 5) is 8.77. The van der Waals surface area contributed by atoms with Crippen LogP contribution in [0.5, 0.6) is 5.75 Å². The van der Waals surface area contributed by atoms with E-state index in [1.165, 1.54) is 0 Å². The topological polar surface area (TPSA) is 47.0 Å². The van der Waals surface area contributed by atoms with Gasteiger partial charge in [-0.05, 0) is 35.4 Å². The summed E-state index contributed by atoms with van der Waals surface area (Å²) < 4.78 is 5.40. The van der Waals surface area contributed by atoms with Gasteiger partial charge in [-0.25, -0.2) is 9.97 Å². The van der Waals surface area contributed by atoms with Crippen molar-refractivity contribution in [3.63, 3.8) is 0 Å². The van der Waals surface area contributed by atoms with Crippen molar-refractivity contribution in [2.75, 3.05) is 19.5 Å². The summed E-state index contributed by atoms with van der Waals surface area (Å²) in [6, 6.07) is 9.37. The van der Waals surface area contributed by atoms with Crippen LogP contribution in [0.15, 0.2) is 36.5 Å². The Kier molecular flexibility index (Phi) is 4.05. The van der Waals surface area contributed by atoms with Crippen LogP contribution in [0.3, 0.4) is 0 Å². The zero-order valence-corrected chi connectivity index (χ0v) is 13.5. The Morgan fingerprint density at radius 1 is 1.09 bits per heavy atom. The Balaban J connectivity index is 2.28. The molecule has 0 aliphatic rings. The van der Waals surface area contributed by atoms with E-state index in [1.54, 1.807) is 26.4 Å². The third kappa shape index (κ3) is 2.56. The molecule has 0 amide bonds. The summed E-state index contributed by atoms with van der Waals surface area (Å²) in [6.45, 7) is 0. The van der Waals surface area contributed by atoms with Crippen molar-refractivity contribution in [3.05, 3.63) is 46.6 Å². The molecule has 4 nitrogen and oxygen atoms in total. The lowest BCUT2D eigenvalue weighted by atomic mass is 10.0. The summed E-state index contributed by atoms with van der Waals surface area (Å²) in [5.41, 5.74) is 2.66. The van der Waals surface area contributed by atoms with Gasteiger partial charge in [0.2, 0.25) is 5.95 Å². The fourth-order valence-corrected chi connectivity index (χ4v) is 2.59. The number of anilines is 1. The first-order valence-electron chi connectivity index (χ1n) is 6.61. The van der Waals surface area contributed by atoms with E-state index in [2.05, 4.69) is 15.3 Å². The molecule has 3 rings (SSSR count). The second-order valence-corrected chi connectivity index (χ2v) is 5.46. The smallest absolute Gasteiger partial charge is 0.223 e. The van der Waals surface area contributed by atoms with Gasteiger partial charge in [0, 0.05) is 18.6 Å². The van der Waals surface area contributed by atoms with E-state index in [-0.39, 0.29) is 0 Å². The summed E-state index contributed by atoms with van der Waals surface area (Å²) in [7, 11) is 3.39. The minimum atomic E-state index is 0.510. The Hall–Kier alpha value is -2.04. The van der Waals surface area contributed by atoms with E-state index >= 15 is 0 Å². The van der Waals surface area contributed by atoms with E-state index in [1.807, 2.05) is 24.3 Å². The second kappa shape index (κ2) is 5.99. The largest absolute Gasteiger partial charge is 0.494 e. The van der Waals surface area contributed by atoms with E-state index < -0.39 is 0 Å². The van der Waals surface area contributed by atoms with Crippen molar-refractivity contribution in [1.29, 1.82) is 0 Å². The van der Waals surface area contributed by atoms with E-state index in [0.717, 1.165) is 22.0 Å². The zero-order chi connectivity index (χ0) is 15.7. The molecule has 2 aromatic carbocycles. The molecule has 3 aromatic rings. The number of nitrogens with zero attached hydrogens (tertiary/aromatic N) is 2. The van der Waals surface area contributed by atoms with Gasteiger partial charge in [-0.3, -0.25) is 0 Å². The molecule has 0 fully saturated rings. The SMILES string of the molecule is CNc1ncc2c(-c3ccc(Cl)c(Cl)c3)ccc(OC)c2n1. The monoisotopic (exact) mass is 333 g/mol. The maximum Gasteiger partial charge on any atom is 0.223 e. The number of benzene rings is 2. The van der Waals surface area contributed by atoms with Crippen molar-refractivity contribution in [1.82, 2.24) is 9.97 Å². The van der Waals surface area contributed by atoms with E-state index in [0.29, 0.717) is 21.7 Å². The minimum Gasteiger partial charge on any atom is -0.494 e. The Bertz CT molecular complexity index is 852. The third-order valence-electron chi connectivity index (χ3n) is 3.39. The van der Waals surface area contributed by atoms with Gasteiger partial charge in [-0.1, -0.05) is 29.3 Å². The lowest BCUT2D eigenvalue weighted by Crippen LogP contribution is -1.98. The number of nitrogens with one attached hydrogen (secondary N) is 1. The van der Waals surface area contributed by atoms with Gasteiger partial charge in [-0.2, -0.15) is 0 Å². The molecule has 0 radical (unpaired) electrons. The molecule has 0 saturated carbocycles. The van der Waals surface area contributed by atoms with E-state index in [9.17, 15) is 0 Å².